The summed E-state index contributed by atoms with van der Waals surface area (Å²) in [7, 11) is 0. The maximum atomic E-state index is 5.92. The van der Waals surface area contributed by atoms with Crippen molar-refractivity contribution in [1.29, 1.82) is 0 Å². The first-order valence-electron chi connectivity index (χ1n) is 6.83. The fourth-order valence-corrected chi connectivity index (χ4v) is 2.50. The lowest BCUT2D eigenvalue weighted by Gasteiger charge is -2.24. The van der Waals surface area contributed by atoms with Gasteiger partial charge in [-0.3, -0.25) is 4.68 Å². The van der Waals surface area contributed by atoms with E-state index in [9.17, 15) is 0 Å². The summed E-state index contributed by atoms with van der Waals surface area (Å²) in [5, 5.41) is 8.35. The van der Waals surface area contributed by atoms with Crippen molar-refractivity contribution >= 4 is 0 Å². The standard InChI is InChI=1S/C15H14N4O2/c1-10-16-15(21-18-10)13-7-12-9-20-14(8-19(12)17-13)11-5-3-2-4-6-11/h2-7,14H,8-9H2,1H3. The van der Waals surface area contributed by atoms with Crippen LogP contribution in [0.3, 0.4) is 0 Å². The molecule has 0 amide bonds. The summed E-state index contributed by atoms with van der Waals surface area (Å²) >= 11 is 0. The summed E-state index contributed by atoms with van der Waals surface area (Å²) in [5.41, 5.74) is 2.88. The molecule has 6 nitrogen and oxygen atoms in total. The third-order valence-corrected chi connectivity index (χ3v) is 3.55. The van der Waals surface area contributed by atoms with E-state index in [1.165, 1.54) is 0 Å². The Morgan fingerprint density at radius 1 is 1.24 bits per heavy atom. The van der Waals surface area contributed by atoms with Crippen molar-refractivity contribution in [3.8, 4) is 11.6 Å². The third kappa shape index (κ3) is 2.23. The Kier molecular flexibility index (Phi) is 2.82. The van der Waals surface area contributed by atoms with Crippen LogP contribution in [0.4, 0.5) is 0 Å². The lowest BCUT2D eigenvalue weighted by atomic mass is 10.1. The smallest absolute Gasteiger partial charge is 0.278 e. The minimum atomic E-state index is 0.0240. The second-order valence-electron chi connectivity index (χ2n) is 5.06. The van der Waals surface area contributed by atoms with Crippen LogP contribution < -0.4 is 0 Å². The van der Waals surface area contributed by atoms with Crippen molar-refractivity contribution in [1.82, 2.24) is 19.9 Å². The molecule has 1 aromatic carbocycles. The third-order valence-electron chi connectivity index (χ3n) is 3.55. The Bertz CT molecular complexity index is 763. The van der Waals surface area contributed by atoms with E-state index in [4.69, 9.17) is 9.26 Å². The predicted octanol–water partition coefficient (Wildman–Crippen LogP) is 2.51. The highest BCUT2D eigenvalue weighted by molar-refractivity contribution is 5.47. The lowest BCUT2D eigenvalue weighted by molar-refractivity contribution is -0.00113. The molecule has 1 aliphatic rings. The van der Waals surface area contributed by atoms with E-state index in [0.717, 1.165) is 11.3 Å². The molecule has 1 atom stereocenters. The number of hydrogen-bond donors (Lipinski definition) is 0. The van der Waals surface area contributed by atoms with Crippen molar-refractivity contribution in [2.24, 2.45) is 0 Å². The van der Waals surface area contributed by atoms with Gasteiger partial charge in [-0.15, -0.1) is 0 Å². The molecule has 3 aromatic rings. The molecule has 106 valence electrons. The summed E-state index contributed by atoms with van der Waals surface area (Å²) in [6, 6.07) is 12.1. The van der Waals surface area contributed by atoms with Crippen LogP contribution in [0.2, 0.25) is 0 Å². The lowest BCUT2D eigenvalue weighted by Crippen LogP contribution is -2.21. The summed E-state index contributed by atoms with van der Waals surface area (Å²) in [4.78, 5) is 4.21. The average molecular weight is 282 g/mol. The van der Waals surface area contributed by atoms with Gasteiger partial charge in [0.2, 0.25) is 0 Å². The molecular formula is C15H14N4O2. The number of hydrogen-bond acceptors (Lipinski definition) is 5. The minimum Gasteiger partial charge on any atom is -0.365 e. The minimum absolute atomic E-state index is 0.0240. The van der Waals surface area contributed by atoms with Gasteiger partial charge in [0.25, 0.3) is 5.89 Å². The van der Waals surface area contributed by atoms with E-state index in [2.05, 4.69) is 27.4 Å². The molecule has 0 saturated carbocycles. The second kappa shape index (κ2) is 4.82. The van der Waals surface area contributed by atoms with Crippen LogP contribution in [0, 0.1) is 6.92 Å². The second-order valence-corrected chi connectivity index (χ2v) is 5.06. The summed E-state index contributed by atoms with van der Waals surface area (Å²) in [6.07, 6.45) is 0.0240. The summed E-state index contributed by atoms with van der Waals surface area (Å²) in [5.74, 6) is 1.06. The van der Waals surface area contributed by atoms with Gasteiger partial charge >= 0.3 is 0 Å². The van der Waals surface area contributed by atoms with E-state index >= 15 is 0 Å². The highest BCUT2D eigenvalue weighted by Gasteiger charge is 2.23. The largest absolute Gasteiger partial charge is 0.365 e. The van der Waals surface area contributed by atoms with Gasteiger partial charge in [0.15, 0.2) is 11.5 Å². The Labute approximate surface area is 121 Å². The highest BCUT2D eigenvalue weighted by atomic mass is 16.5. The number of nitrogens with zero attached hydrogens (tertiary/aromatic N) is 4. The first-order valence-corrected chi connectivity index (χ1v) is 6.83. The molecule has 4 rings (SSSR count). The van der Waals surface area contributed by atoms with Crippen LogP contribution in [0.15, 0.2) is 40.9 Å². The zero-order chi connectivity index (χ0) is 14.2. The number of aromatic nitrogens is 4. The molecule has 3 heterocycles. The van der Waals surface area contributed by atoms with Crippen molar-refractivity contribution in [3.05, 3.63) is 53.5 Å². The molecule has 0 aliphatic carbocycles. The van der Waals surface area contributed by atoms with Crippen LogP contribution in [-0.2, 0) is 17.9 Å². The number of rotatable bonds is 2. The molecule has 0 bridgehead atoms. The quantitative estimate of drug-likeness (QED) is 0.722. The topological polar surface area (TPSA) is 66.0 Å². The van der Waals surface area contributed by atoms with Gasteiger partial charge in [0.05, 0.1) is 18.8 Å². The fraction of sp³-hybridized carbons (Fsp3) is 0.267. The van der Waals surface area contributed by atoms with Crippen molar-refractivity contribution in [3.63, 3.8) is 0 Å². The van der Waals surface area contributed by atoms with Gasteiger partial charge in [-0.25, -0.2) is 0 Å². The Morgan fingerprint density at radius 3 is 2.86 bits per heavy atom. The first kappa shape index (κ1) is 12.3. The van der Waals surface area contributed by atoms with E-state index in [0.29, 0.717) is 30.6 Å². The molecule has 2 aromatic heterocycles. The maximum absolute atomic E-state index is 5.92. The first-order chi connectivity index (χ1) is 10.3. The van der Waals surface area contributed by atoms with Crippen molar-refractivity contribution < 1.29 is 9.26 Å². The Morgan fingerprint density at radius 2 is 2.10 bits per heavy atom. The number of fused-ring (bicyclic) bond motifs is 1. The van der Waals surface area contributed by atoms with Gasteiger partial charge in [-0.1, -0.05) is 35.5 Å². The number of benzene rings is 1. The molecule has 0 fully saturated rings. The van der Waals surface area contributed by atoms with Crippen molar-refractivity contribution in [2.75, 3.05) is 0 Å². The van der Waals surface area contributed by atoms with Crippen LogP contribution in [0.5, 0.6) is 0 Å². The molecule has 0 N–H and O–H groups in total. The average Bonchev–Trinajstić information content (AvgIpc) is 3.13. The van der Waals surface area contributed by atoms with Gasteiger partial charge in [0.1, 0.15) is 6.10 Å². The van der Waals surface area contributed by atoms with Crippen LogP contribution in [0.25, 0.3) is 11.6 Å². The summed E-state index contributed by atoms with van der Waals surface area (Å²) < 4.78 is 13.0. The van der Waals surface area contributed by atoms with E-state index in [1.807, 2.05) is 28.9 Å². The molecule has 1 unspecified atom stereocenters. The van der Waals surface area contributed by atoms with Gasteiger partial charge < -0.3 is 9.26 Å². The molecule has 0 radical (unpaired) electrons. The van der Waals surface area contributed by atoms with Crippen LogP contribution in [0.1, 0.15) is 23.2 Å². The number of ether oxygens (including phenoxy) is 1. The SMILES string of the molecule is Cc1noc(-c2cc3n(n2)CC(c2ccccc2)OC3)n1. The Hall–Kier alpha value is -2.47. The van der Waals surface area contributed by atoms with Crippen LogP contribution >= 0.6 is 0 Å². The number of aryl methyl sites for hydroxylation is 1. The summed E-state index contributed by atoms with van der Waals surface area (Å²) in [6.45, 7) is 3.00. The van der Waals surface area contributed by atoms with Gasteiger partial charge in [0, 0.05) is 0 Å². The molecule has 0 spiro atoms. The molecule has 21 heavy (non-hydrogen) atoms. The molecule has 0 saturated heterocycles. The van der Waals surface area contributed by atoms with Crippen molar-refractivity contribution in [2.45, 2.75) is 26.2 Å². The molecule has 1 aliphatic heterocycles. The molecule has 6 heteroatoms. The van der Waals surface area contributed by atoms with E-state index in [-0.39, 0.29) is 6.10 Å². The predicted molar refractivity (Wildman–Crippen MR) is 74.2 cm³/mol. The van der Waals surface area contributed by atoms with Gasteiger partial charge in [-0.05, 0) is 18.6 Å². The van der Waals surface area contributed by atoms with E-state index in [1.54, 1.807) is 6.92 Å². The maximum Gasteiger partial charge on any atom is 0.278 e. The van der Waals surface area contributed by atoms with Gasteiger partial charge in [-0.2, -0.15) is 10.1 Å². The fourth-order valence-electron chi connectivity index (χ4n) is 2.50. The van der Waals surface area contributed by atoms with E-state index < -0.39 is 0 Å². The molecular weight excluding hydrogens is 268 g/mol. The zero-order valence-electron chi connectivity index (χ0n) is 11.6. The monoisotopic (exact) mass is 282 g/mol. The normalized spacial score (nSPS) is 17.7. The van der Waals surface area contributed by atoms with Crippen LogP contribution in [-0.4, -0.2) is 19.9 Å². The Balaban J connectivity index is 1.63. The zero-order valence-corrected chi connectivity index (χ0v) is 11.6. The highest BCUT2D eigenvalue weighted by Crippen LogP contribution is 2.28.